The van der Waals surface area contributed by atoms with Crippen LogP contribution in [0.15, 0.2) is 47.4 Å². The zero-order valence-corrected chi connectivity index (χ0v) is 22.3. The van der Waals surface area contributed by atoms with E-state index in [4.69, 9.17) is 0 Å². The molecular weight excluding hydrogens is 602 g/mol. The summed E-state index contributed by atoms with van der Waals surface area (Å²) in [5.41, 5.74) is -7.76. The van der Waals surface area contributed by atoms with E-state index >= 15 is 0 Å². The number of fused-ring (bicyclic) bond motifs is 3. The van der Waals surface area contributed by atoms with Crippen molar-refractivity contribution in [1.29, 1.82) is 0 Å². The zero-order valence-electron chi connectivity index (χ0n) is 21.5. The summed E-state index contributed by atoms with van der Waals surface area (Å²) in [7, 11) is -3.13. The lowest BCUT2D eigenvalue weighted by Crippen LogP contribution is -2.51. The van der Waals surface area contributed by atoms with Gasteiger partial charge >= 0.3 is 18.0 Å². The zero-order chi connectivity index (χ0) is 30.9. The average molecular weight is 624 g/mol. The summed E-state index contributed by atoms with van der Waals surface area (Å²) in [6.45, 7) is 0. The molecule has 0 radical (unpaired) electrons. The van der Waals surface area contributed by atoms with E-state index in [1.54, 1.807) is 0 Å². The lowest BCUT2D eigenvalue weighted by molar-refractivity contribution is -0.348. The van der Waals surface area contributed by atoms with Gasteiger partial charge in [-0.3, -0.25) is 4.79 Å². The van der Waals surface area contributed by atoms with Crippen LogP contribution in [0, 0.1) is 11.7 Å². The van der Waals surface area contributed by atoms with E-state index in [2.05, 4.69) is 20.8 Å². The van der Waals surface area contributed by atoms with Crippen LogP contribution in [0.2, 0.25) is 0 Å². The predicted molar refractivity (Wildman–Crippen MR) is 128 cm³/mol. The Morgan fingerprint density at radius 1 is 1.00 bits per heavy atom. The smallest absolute Gasteiger partial charge is 0.346 e. The number of amides is 1. The fourth-order valence-electron chi connectivity index (χ4n) is 6.21. The maximum atomic E-state index is 14.9. The Morgan fingerprint density at radius 2 is 1.64 bits per heavy atom. The Balaban J connectivity index is 1.66. The van der Waals surface area contributed by atoms with Gasteiger partial charge in [-0.2, -0.15) is 26.3 Å². The number of halogens is 8. The van der Waals surface area contributed by atoms with Gasteiger partial charge in [0.15, 0.2) is 9.84 Å². The lowest BCUT2D eigenvalue weighted by atomic mass is 9.74. The fourth-order valence-corrected chi connectivity index (χ4v) is 8.68. The quantitative estimate of drug-likeness (QED) is 0.332. The first-order chi connectivity index (χ1) is 19.4. The molecule has 1 heterocycles. The molecule has 1 aromatic heterocycles. The summed E-state index contributed by atoms with van der Waals surface area (Å²) < 4.78 is 137. The number of sulfone groups is 1. The van der Waals surface area contributed by atoms with Gasteiger partial charge < -0.3 is 5.32 Å². The Bertz CT molecular complexity index is 1620. The molecule has 8 nitrogen and oxygen atoms in total. The van der Waals surface area contributed by atoms with Crippen LogP contribution in [0.1, 0.15) is 46.6 Å². The molecule has 1 fully saturated rings. The first kappa shape index (κ1) is 29.8. The molecule has 226 valence electrons. The molecule has 0 spiro atoms. The van der Waals surface area contributed by atoms with Gasteiger partial charge in [0.25, 0.3) is 5.91 Å². The van der Waals surface area contributed by atoms with Gasteiger partial charge in [0.2, 0.25) is 5.82 Å². The first-order valence-electron chi connectivity index (χ1n) is 12.4. The summed E-state index contributed by atoms with van der Waals surface area (Å²) >= 11 is 0. The molecule has 0 aliphatic heterocycles. The molecule has 0 saturated heterocycles. The number of aromatic nitrogens is 4. The van der Waals surface area contributed by atoms with Crippen LogP contribution in [0.25, 0.3) is 0 Å². The van der Waals surface area contributed by atoms with Crippen molar-refractivity contribution in [2.75, 3.05) is 0 Å². The second-order valence-electron chi connectivity index (χ2n) is 10.3. The highest BCUT2D eigenvalue weighted by molar-refractivity contribution is 7.92. The fraction of sp³-hybridized carbons (Fsp3) is 0.440. The molecule has 1 N–H and O–H groups in total. The number of tetrazole rings is 1. The molecule has 0 bridgehead atoms. The summed E-state index contributed by atoms with van der Waals surface area (Å²) in [5.74, 6) is -2.59. The van der Waals surface area contributed by atoms with Crippen LogP contribution < -0.4 is 5.32 Å². The van der Waals surface area contributed by atoms with Gasteiger partial charge in [0, 0.05) is 24.6 Å². The highest BCUT2D eigenvalue weighted by atomic mass is 32.2. The molecule has 2 aliphatic rings. The maximum Gasteiger partial charge on any atom is 0.435 e. The third kappa shape index (κ3) is 4.26. The molecule has 5 rings (SSSR count). The number of alkyl halides is 7. The van der Waals surface area contributed by atoms with Crippen molar-refractivity contribution in [3.8, 4) is 0 Å². The van der Waals surface area contributed by atoms with Crippen LogP contribution in [0.5, 0.6) is 0 Å². The summed E-state index contributed by atoms with van der Waals surface area (Å²) in [5, 5.41) is 13.2. The lowest BCUT2D eigenvalue weighted by Gasteiger charge is -2.43. The normalized spacial score (nSPS) is 22.9. The third-order valence-corrected chi connectivity index (χ3v) is 10.7. The van der Waals surface area contributed by atoms with E-state index < -0.39 is 61.9 Å². The van der Waals surface area contributed by atoms with Crippen molar-refractivity contribution in [2.45, 2.75) is 59.4 Å². The standard InChI is InChI=1S/C25H21F8N5O3S/c1-38-20(35-36-37-38)21(39)34-19-10-11-22(42(40,41)16-6-4-15(26)5-7-16)17-9-3-14(12-13(17)2-8-18(19)22)23(27,24(28,29)30)25(31,32)33/h3-7,9,12,18-19H,2,8,10-11H2,1H3,(H,34,39)/t18-,19+,22+/m0/s1. The molecule has 3 aromatic rings. The number of carbonyl (C=O) groups excluding carboxylic acids is 1. The van der Waals surface area contributed by atoms with Crippen molar-refractivity contribution in [3.63, 3.8) is 0 Å². The molecule has 2 aromatic carbocycles. The topological polar surface area (TPSA) is 107 Å². The molecular formula is C25H21F8N5O3S. The molecule has 17 heteroatoms. The Hall–Kier alpha value is -3.63. The molecule has 3 atom stereocenters. The number of nitrogens with one attached hydrogen (secondary N) is 1. The van der Waals surface area contributed by atoms with Crippen LogP contribution in [-0.4, -0.2) is 52.9 Å². The van der Waals surface area contributed by atoms with Gasteiger partial charge in [0.1, 0.15) is 10.6 Å². The number of carbonyl (C=O) groups is 1. The van der Waals surface area contributed by atoms with Gasteiger partial charge in [0.05, 0.1) is 4.90 Å². The number of hydrogen-bond acceptors (Lipinski definition) is 6. The Kier molecular flexibility index (Phi) is 6.90. The van der Waals surface area contributed by atoms with E-state index in [0.717, 1.165) is 35.0 Å². The van der Waals surface area contributed by atoms with Crippen molar-refractivity contribution in [1.82, 2.24) is 25.5 Å². The Labute approximate surface area is 233 Å². The second kappa shape index (κ2) is 9.70. The van der Waals surface area contributed by atoms with Crippen molar-refractivity contribution in [2.24, 2.45) is 13.0 Å². The molecule has 2 aliphatic carbocycles. The third-order valence-electron chi connectivity index (χ3n) is 8.12. The first-order valence-corrected chi connectivity index (χ1v) is 13.9. The summed E-state index contributed by atoms with van der Waals surface area (Å²) in [4.78, 5) is 12.5. The minimum absolute atomic E-state index is 0.0431. The average Bonchev–Trinajstić information content (AvgIpc) is 3.51. The molecule has 1 saturated carbocycles. The summed E-state index contributed by atoms with van der Waals surface area (Å²) in [6, 6.07) is 4.43. The number of nitrogens with zero attached hydrogens (tertiary/aromatic N) is 4. The van der Waals surface area contributed by atoms with E-state index in [9.17, 15) is 48.3 Å². The van der Waals surface area contributed by atoms with Crippen molar-refractivity contribution in [3.05, 3.63) is 70.8 Å². The van der Waals surface area contributed by atoms with Gasteiger partial charge in [-0.15, -0.1) is 5.10 Å². The van der Waals surface area contributed by atoms with E-state index in [1.165, 1.54) is 7.05 Å². The van der Waals surface area contributed by atoms with Crippen LogP contribution in [0.4, 0.5) is 35.1 Å². The van der Waals surface area contributed by atoms with E-state index in [0.29, 0.717) is 12.1 Å². The number of benzene rings is 2. The highest BCUT2D eigenvalue weighted by Crippen LogP contribution is 2.59. The molecule has 1 amide bonds. The second-order valence-corrected chi connectivity index (χ2v) is 12.5. The Morgan fingerprint density at radius 3 is 2.21 bits per heavy atom. The minimum atomic E-state index is -6.36. The number of rotatable bonds is 5. The predicted octanol–water partition coefficient (Wildman–Crippen LogP) is 4.46. The van der Waals surface area contributed by atoms with E-state index in [-0.39, 0.29) is 47.5 Å². The molecule has 0 unspecified atom stereocenters. The van der Waals surface area contributed by atoms with Crippen LogP contribution >= 0.6 is 0 Å². The van der Waals surface area contributed by atoms with Crippen molar-refractivity contribution < 1.29 is 48.3 Å². The number of hydrogen-bond donors (Lipinski definition) is 1. The highest BCUT2D eigenvalue weighted by Gasteiger charge is 2.73. The van der Waals surface area contributed by atoms with Gasteiger partial charge in [-0.05, 0) is 71.5 Å². The van der Waals surface area contributed by atoms with Gasteiger partial charge in [-0.1, -0.05) is 18.2 Å². The summed E-state index contributed by atoms with van der Waals surface area (Å²) in [6.07, 6.45) is -13.2. The largest absolute Gasteiger partial charge is 0.435 e. The number of aryl methyl sites for hydroxylation is 2. The monoisotopic (exact) mass is 623 g/mol. The van der Waals surface area contributed by atoms with E-state index in [1.807, 2.05) is 0 Å². The SMILES string of the molecule is Cn1nnnc1C(=O)N[C@@H]1CC[C@@]2(S(=O)(=O)c3ccc(F)cc3)c3ccc(C(F)(C(F)(F)F)C(F)(F)F)cc3CC[C@@H]12. The molecule has 42 heavy (non-hydrogen) atoms. The van der Waals surface area contributed by atoms with Gasteiger partial charge in [-0.25, -0.2) is 21.9 Å². The van der Waals surface area contributed by atoms with Crippen LogP contribution in [0.3, 0.4) is 0 Å². The van der Waals surface area contributed by atoms with Crippen molar-refractivity contribution >= 4 is 15.7 Å². The van der Waals surface area contributed by atoms with Crippen LogP contribution in [-0.2, 0) is 33.7 Å². The minimum Gasteiger partial charge on any atom is -0.346 e. The maximum absolute atomic E-state index is 14.9.